The number of likely N-dealkylation sites (tertiary alicyclic amines) is 1. The minimum absolute atomic E-state index is 0.119. The second-order valence-corrected chi connectivity index (χ2v) is 6.93. The van der Waals surface area contributed by atoms with Crippen molar-refractivity contribution in [1.82, 2.24) is 14.3 Å². The van der Waals surface area contributed by atoms with Crippen LogP contribution in [0.2, 0.25) is 0 Å². The molecular formula is C13H22N4O2S. The minimum atomic E-state index is -0.290. The smallest absolute Gasteiger partial charge is 0.323 e. The third-order valence-electron chi connectivity index (χ3n) is 3.30. The lowest BCUT2D eigenvalue weighted by Gasteiger charge is -2.19. The third kappa shape index (κ3) is 3.89. The number of hydrogen-bond donors (Lipinski definition) is 2. The highest BCUT2D eigenvalue weighted by atomic mass is 32.1. The monoisotopic (exact) mass is 298 g/mol. The van der Waals surface area contributed by atoms with Crippen LogP contribution in [0, 0.1) is 0 Å². The Balaban J connectivity index is 1.95. The first-order chi connectivity index (χ1) is 9.36. The number of rotatable bonds is 1. The summed E-state index contributed by atoms with van der Waals surface area (Å²) in [5, 5.41) is 12.9. The van der Waals surface area contributed by atoms with Crippen molar-refractivity contribution in [2.45, 2.75) is 51.6 Å². The zero-order valence-electron chi connectivity index (χ0n) is 12.2. The van der Waals surface area contributed by atoms with Crippen molar-refractivity contribution in [2.75, 3.05) is 18.4 Å². The molecule has 0 aliphatic carbocycles. The van der Waals surface area contributed by atoms with Gasteiger partial charge in [0.05, 0.1) is 6.10 Å². The van der Waals surface area contributed by atoms with Crippen LogP contribution >= 0.6 is 11.5 Å². The Bertz CT molecular complexity index is 469. The van der Waals surface area contributed by atoms with Gasteiger partial charge in [0.15, 0.2) is 0 Å². The Morgan fingerprint density at radius 1 is 1.40 bits per heavy atom. The molecule has 0 aromatic carbocycles. The van der Waals surface area contributed by atoms with Gasteiger partial charge in [-0.2, -0.15) is 4.37 Å². The van der Waals surface area contributed by atoms with Gasteiger partial charge in [-0.3, -0.25) is 5.32 Å². The summed E-state index contributed by atoms with van der Waals surface area (Å²) in [6.45, 7) is 7.37. The molecule has 0 radical (unpaired) electrons. The quantitative estimate of drug-likeness (QED) is 0.833. The number of aliphatic hydroxyl groups is 1. The van der Waals surface area contributed by atoms with Crippen molar-refractivity contribution in [2.24, 2.45) is 0 Å². The second-order valence-electron chi connectivity index (χ2n) is 6.18. The molecule has 6 nitrogen and oxygen atoms in total. The third-order valence-corrected chi connectivity index (χ3v) is 3.93. The lowest BCUT2D eigenvalue weighted by Crippen LogP contribution is -2.35. The second kappa shape index (κ2) is 6.05. The van der Waals surface area contributed by atoms with Crippen LogP contribution in [-0.4, -0.2) is 44.6 Å². The van der Waals surface area contributed by atoms with Crippen LogP contribution in [0.5, 0.6) is 0 Å². The van der Waals surface area contributed by atoms with E-state index in [-0.39, 0.29) is 17.6 Å². The zero-order chi connectivity index (χ0) is 14.8. The molecule has 1 unspecified atom stereocenters. The summed E-state index contributed by atoms with van der Waals surface area (Å²) in [6, 6.07) is -0.157. The number of amides is 2. The Labute approximate surface area is 123 Å². The molecule has 1 aliphatic rings. The summed E-state index contributed by atoms with van der Waals surface area (Å²) in [4.78, 5) is 18.2. The predicted molar refractivity (Wildman–Crippen MR) is 79.1 cm³/mol. The summed E-state index contributed by atoms with van der Waals surface area (Å²) in [7, 11) is 0. The molecule has 1 aromatic rings. The van der Waals surface area contributed by atoms with Crippen LogP contribution in [-0.2, 0) is 5.41 Å². The zero-order valence-corrected chi connectivity index (χ0v) is 13.0. The molecule has 1 aromatic heterocycles. The molecule has 20 heavy (non-hydrogen) atoms. The standard InChI is InChI=1S/C13H22N4O2S/c1-13(2,3)10-14-11(20-16-10)15-12(19)17-7-4-5-9(18)6-8-17/h9,18H,4-8H2,1-3H3,(H,14,15,16,19). The molecule has 1 saturated heterocycles. The number of nitrogens with one attached hydrogen (secondary N) is 1. The lowest BCUT2D eigenvalue weighted by atomic mass is 9.96. The molecule has 1 fully saturated rings. The van der Waals surface area contributed by atoms with Gasteiger partial charge in [-0.05, 0) is 19.3 Å². The van der Waals surface area contributed by atoms with E-state index >= 15 is 0 Å². The number of aliphatic hydroxyl groups excluding tert-OH is 1. The summed E-state index contributed by atoms with van der Waals surface area (Å²) in [6.07, 6.45) is 1.94. The van der Waals surface area contributed by atoms with Gasteiger partial charge in [0.1, 0.15) is 5.82 Å². The van der Waals surface area contributed by atoms with Gasteiger partial charge in [-0.25, -0.2) is 9.78 Å². The first kappa shape index (κ1) is 15.2. The summed E-state index contributed by atoms with van der Waals surface area (Å²) < 4.78 is 4.27. The lowest BCUT2D eigenvalue weighted by molar-refractivity contribution is 0.156. The Morgan fingerprint density at radius 3 is 2.80 bits per heavy atom. The molecule has 0 saturated carbocycles. The van der Waals surface area contributed by atoms with Crippen molar-refractivity contribution in [3.05, 3.63) is 5.82 Å². The van der Waals surface area contributed by atoms with Gasteiger partial charge in [0.25, 0.3) is 0 Å². The van der Waals surface area contributed by atoms with Crippen LogP contribution in [0.4, 0.5) is 9.93 Å². The number of carbonyl (C=O) groups is 1. The fourth-order valence-corrected chi connectivity index (χ4v) is 2.78. The van der Waals surface area contributed by atoms with Crippen molar-refractivity contribution in [1.29, 1.82) is 0 Å². The molecule has 2 amide bonds. The molecule has 0 bridgehead atoms. The van der Waals surface area contributed by atoms with E-state index in [1.165, 1.54) is 11.5 Å². The van der Waals surface area contributed by atoms with E-state index in [4.69, 9.17) is 0 Å². The highest BCUT2D eigenvalue weighted by molar-refractivity contribution is 7.09. The van der Waals surface area contributed by atoms with Crippen molar-refractivity contribution in [3.8, 4) is 0 Å². The maximum Gasteiger partial charge on any atom is 0.323 e. The van der Waals surface area contributed by atoms with Crippen LogP contribution in [0.25, 0.3) is 0 Å². The van der Waals surface area contributed by atoms with Crippen LogP contribution in [0.1, 0.15) is 45.9 Å². The summed E-state index contributed by atoms with van der Waals surface area (Å²) >= 11 is 1.21. The van der Waals surface area contributed by atoms with E-state index in [2.05, 4.69) is 14.7 Å². The fraction of sp³-hybridized carbons (Fsp3) is 0.769. The number of anilines is 1. The number of nitrogens with zero attached hydrogens (tertiary/aromatic N) is 3. The topological polar surface area (TPSA) is 78.4 Å². The van der Waals surface area contributed by atoms with E-state index in [9.17, 15) is 9.90 Å². The molecule has 112 valence electrons. The molecule has 2 rings (SSSR count). The molecule has 0 spiro atoms. The van der Waals surface area contributed by atoms with E-state index < -0.39 is 0 Å². The van der Waals surface area contributed by atoms with Crippen LogP contribution in [0.3, 0.4) is 0 Å². The van der Waals surface area contributed by atoms with Gasteiger partial charge in [-0.15, -0.1) is 0 Å². The van der Waals surface area contributed by atoms with Crippen LogP contribution < -0.4 is 5.32 Å². The van der Waals surface area contributed by atoms with Gasteiger partial charge in [0, 0.05) is 30.0 Å². The van der Waals surface area contributed by atoms with Crippen molar-refractivity contribution >= 4 is 22.7 Å². The largest absolute Gasteiger partial charge is 0.393 e. The maximum absolute atomic E-state index is 12.2. The first-order valence-corrected chi connectivity index (χ1v) is 7.72. The number of hydrogen-bond acceptors (Lipinski definition) is 5. The van der Waals surface area contributed by atoms with Gasteiger partial charge >= 0.3 is 6.03 Å². The van der Waals surface area contributed by atoms with E-state index in [0.717, 1.165) is 18.7 Å². The fourth-order valence-electron chi connectivity index (χ4n) is 2.03. The normalized spacial score (nSPS) is 20.6. The number of carbonyl (C=O) groups excluding carboxylic acids is 1. The molecule has 2 heterocycles. The van der Waals surface area contributed by atoms with Gasteiger partial charge in [-0.1, -0.05) is 20.8 Å². The molecule has 2 N–H and O–H groups in total. The van der Waals surface area contributed by atoms with E-state index in [0.29, 0.717) is 24.6 Å². The first-order valence-electron chi connectivity index (χ1n) is 6.94. The van der Waals surface area contributed by atoms with Gasteiger partial charge < -0.3 is 10.0 Å². The Hall–Kier alpha value is -1.21. The molecular weight excluding hydrogens is 276 g/mol. The molecule has 1 aliphatic heterocycles. The van der Waals surface area contributed by atoms with Crippen LogP contribution in [0.15, 0.2) is 0 Å². The summed E-state index contributed by atoms with van der Waals surface area (Å²) in [5.74, 6) is 0.740. The average Bonchev–Trinajstić information content (AvgIpc) is 2.71. The molecule has 7 heteroatoms. The Kier molecular flexibility index (Phi) is 4.59. The van der Waals surface area contributed by atoms with E-state index in [1.54, 1.807) is 4.90 Å². The van der Waals surface area contributed by atoms with E-state index in [1.807, 2.05) is 20.8 Å². The summed E-state index contributed by atoms with van der Waals surface area (Å²) in [5.41, 5.74) is -0.119. The predicted octanol–water partition coefficient (Wildman–Crippen LogP) is 2.21. The SMILES string of the molecule is CC(C)(C)c1nsc(NC(=O)N2CCCC(O)CC2)n1. The average molecular weight is 298 g/mol. The highest BCUT2D eigenvalue weighted by Gasteiger charge is 2.23. The number of aromatic nitrogens is 2. The molecule has 1 atom stereocenters. The number of urea groups is 1. The van der Waals surface area contributed by atoms with Gasteiger partial charge in [0.2, 0.25) is 5.13 Å². The Morgan fingerprint density at radius 2 is 2.15 bits per heavy atom. The minimum Gasteiger partial charge on any atom is -0.393 e. The maximum atomic E-state index is 12.2. The highest BCUT2D eigenvalue weighted by Crippen LogP contribution is 2.23. The van der Waals surface area contributed by atoms with Crippen molar-refractivity contribution < 1.29 is 9.90 Å². The van der Waals surface area contributed by atoms with Crippen molar-refractivity contribution in [3.63, 3.8) is 0 Å².